The summed E-state index contributed by atoms with van der Waals surface area (Å²) in [5.41, 5.74) is 2.01. The molecule has 0 atom stereocenters. The second-order valence-electron chi connectivity index (χ2n) is 4.37. The highest BCUT2D eigenvalue weighted by Crippen LogP contribution is 2.28. The second-order valence-corrected chi connectivity index (χ2v) is 4.78. The molecule has 2 aromatic carbocycles. The Bertz CT molecular complexity index is 769. The molecule has 0 saturated carbocycles. The molecule has 0 saturated heterocycles. The van der Waals surface area contributed by atoms with Crippen molar-refractivity contribution in [1.29, 1.82) is 0 Å². The molecule has 0 aliphatic carbocycles. The second kappa shape index (κ2) is 5.81. The summed E-state index contributed by atoms with van der Waals surface area (Å²) in [6.45, 7) is 0. The average Bonchev–Trinajstić information content (AvgIpc) is 2.96. The van der Waals surface area contributed by atoms with Crippen LogP contribution in [0.1, 0.15) is 10.4 Å². The number of benzene rings is 2. The van der Waals surface area contributed by atoms with Gasteiger partial charge < -0.3 is 4.52 Å². The van der Waals surface area contributed by atoms with Crippen LogP contribution >= 0.6 is 11.6 Å². The number of nitrogens with zero attached hydrogens (tertiary/aromatic N) is 1. The molecule has 3 aromatic rings. The van der Waals surface area contributed by atoms with Crippen LogP contribution in [0.25, 0.3) is 11.1 Å². The normalized spacial score (nSPS) is 10.3. The minimum atomic E-state index is -0.338. The lowest BCUT2D eigenvalue weighted by atomic mass is 10.1. The van der Waals surface area contributed by atoms with Gasteiger partial charge in [-0.3, -0.25) is 10.1 Å². The number of hydrogen-bond donors (Lipinski definition) is 1. The third-order valence-corrected chi connectivity index (χ3v) is 3.33. The van der Waals surface area contributed by atoms with Gasteiger partial charge in [-0.1, -0.05) is 59.2 Å². The van der Waals surface area contributed by atoms with Gasteiger partial charge in [-0.25, -0.2) is 0 Å². The number of nitrogens with one attached hydrogen (secondary N) is 1. The van der Waals surface area contributed by atoms with Gasteiger partial charge in [0.25, 0.3) is 5.91 Å². The topological polar surface area (TPSA) is 55.1 Å². The van der Waals surface area contributed by atoms with Crippen LogP contribution in [0, 0.1) is 0 Å². The van der Waals surface area contributed by atoms with E-state index in [-0.39, 0.29) is 5.91 Å². The van der Waals surface area contributed by atoms with Gasteiger partial charge in [0, 0.05) is 0 Å². The summed E-state index contributed by atoms with van der Waals surface area (Å²) < 4.78 is 5.13. The summed E-state index contributed by atoms with van der Waals surface area (Å²) in [6.07, 6.45) is 1.57. The van der Waals surface area contributed by atoms with E-state index >= 15 is 0 Å². The Balaban J connectivity index is 1.89. The quantitative estimate of drug-likeness (QED) is 0.786. The molecule has 1 aromatic heterocycles. The zero-order valence-electron chi connectivity index (χ0n) is 10.9. The Labute approximate surface area is 126 Å². The van der Waals surface area contributed by atoms with E-state index in [1.807, 2.05) is 30.3 Å². The molecule has 0 unspecified atom stereocenters. The third-order valence-electron chi connectivity index (χ3n) is 3.00. The lowest BCUT2D eigenvalue weighted by molar-refractivity contribution is 0.102. The van der Waals surface area contributed by atoms with E-state index < -0.39 is 0 Å². The summed E-state index contributed by atoms with van der Waals surface area (Å²) in [5, 5.41) is 6.82. The standard InChI is InChI=1S/C16H11ClN2O2/c17-14-9-5-4-8-12(14)15(20)19-16-13(10-18-21-16)11-6-2-1-3-7-11/h1-10H,(H,19,20). The number of aromatic nitrogens is 1. The Morgan fingerprint density at radius 1 is 1.05 bits per heavy atom. The monoisotopic (exact) mass is 298 g/mol. The van der Waals surface area contributed by atoms with E-state index in [1.165, 1.54) is 0 Å². The van der Waals surface area contributed by atoms with Gasteiger partial charge in [0.1, 0.15) is 0 Å². The zero-order chi connectivity index (χ0) is 14.7. The van der Waals surface area contributed by atoms with Crippen LogP contribution < -0.4 is 5.32 Å². The molecule has 1 N–H and O–H groups in total. The largest absolute Gasteiger partial charge is 0.338 e. The fourth-order valence-electron chi connectivity index (χ4n) is 1.97. The Morgan fingerprint density at radius 2 is 1.76 bits per heavy atom. The number of carbonyl (C=O) groups excluding carboxylic acids is 1. The van der Waals surface area contributed by atoms with Gasteiger partial charge in [-0.15, -0.1) is 0 Å². The van der Waals surface area contributed by atoms with Crippen molar-refractivity contribution in [2.24, 2.45) is 0 Å². The summed E-state index contributed by atoms with van der Waals surface area (Å²) in [5.74, 6) is -0.0411. The number of carbonyl (C=O) groups is 1. The molecule has 21 heavy (non-hydrogen) atoms. The smallest absolute Gasteiger partial charge is 0.259 e. The highest BCUT2D eigenvalue weighted by molar-refractivity contribution is 6.34. The Morgan fingerprint density at radius 3 is 2.52 bits per heavy atom. The molecule has 0 bridgehead atoms. The molecule has 4 nitrogen and oxygen atoms in total. The zero-order valence-corrected chi connectivity index (χ0v) is 11.7. The summed E-state index contributed by atoms with van der Waals surface area (Å²) >= 11 is 6.01. The number of halogens is 1. The molecule has 104 valence electrons. The maximum absolute atomic E-state index is 12.2. The third kappa shape index (κ3) is 2.80. The SMILES string of the molecule is O=C(Nc1oncc1-c1ccccc1)c1ccccc1Cl. The van der Waals surface area contributed by atoms with Gasteiger partial charge in [0.2, 0.25) is 5.88 Å². The minimum absolute atomic E-state index is 0.297. The highest BCUT2D eigenvalue weighted by atomic mass is 35.5. The van der Waals surface area contributed by atoms with Gasteiger partial charge >= 0.3 is 0 Å². The number of anilines is 1. The van der Waals surface area contributed by atoms with E-state index in [9.17, 15) is 4.79 Å². The van der Waals surface area contributed by atoms with Crippen LogP contribution in [0.3, 0.4) is 0 Å². The Kier molecular flexibility index (Phi) is 3.71. The maximum Gasteiger partial charge on any atom is 0.259 e. The van der Waals surface area contributed by atoms with Crippen molar-refractivity contribution in [2.45, 2.75) is 0 Å². The fraction of sp³-hybridized carbons (Fsp3) is 0. The number of amides is 1. The van der Waals surface area contributed by atoms with Gasteiger partial charge in [-0.05, 0) is 17.7 Å². The van der Waals surface area contributed by atoms with Crippen LogP contribution in [0.5, 0.6) is 0 Å². The molecule has 5 heteroatoms. The van der Waals surface area contributed by atoms with E-state index in [1.54, 1.807) is 30.5 Å². The van der Waals surface area contributed by atoms with Crippen molar-refractivity contribution < 1.29 is 9.32 Å². The molecule has 0 aliphatic rings. The van der Waals surface area contributed by atoms with Crippen LogP contribution in [0.15, 0.2) is 65.3 Å². The predicted octanol–water partition coefficient (Wildman–Crippen LogP) is 4.25. The molecule has 0 fully saturated rings. The molecule has 3 rings (SSSR count). The van der Waals surface area contributed by atoms with Crippen LogP contribution in [-0.2, 0) is 0 Å². The average molecular weight is 299 g/mol. The first-order valence-electron chi connectivity index (χ1n) is 6.31. The predicted molar refractivity (Wildman–Crippen MR) is 81.3 cm³/mol. The summed E-state index contributed by atoms with van der Waals surface area (Å²) in [6, 6.07) is 16.4. The first-order valence-corrected chi connectivity index (χ1v) is 6.69. The summed E-state index contributed by atoms with van der Waals surface area (Å²) in [4.78, 5) is 12.2. The summed E-state index contributed by atoms with van der Waals surface area (Å²) in [7, 11) is 0. The van der Waals surface area contributed by atoms with E-state index in [2.05, 4.69) is 10.5 Å². The van der Waals surface area contributed by atoms with E-state index in [0.717, 1.165) is 11.1 Å². The first-order chi connectivity index (χ1) is 10.3. The molecule has 0 radical (unpaired) electrons. The van der Waals surface area contributed by atoms with Gasteiger partial charge in [-0.2, -0.15) is 0 Å². The number of hydrogen-bond acceptors (Lipinski definition) is 3. The van der Waals surface area contributed by atoms with Crippen molar-refractivity contribution in [3.8, 4) is 11.1 Å². The molecule has 0 spiro atoms. The van der Waals surface area contributed by atoms with Crippen LogP contribution in [0.2, 0.25) is 5.02 Å². The van der Waals surface area contributed by atoms with Crippen molar-refractivity contribution >= 4 is 23.4 Å². The Hall–Kier alpha value is -2.59. The van der Waals surface area contributed by atoms with Crippen molar-refractivity contribution in [2.75, 3.05) is 5.32 Å². The van der Waals surface area contributed by atoms with Crippen LogP contribution in [0.4, 0.5) is 5.88 Å². The highest BCUT2D eigenvalue weighted by Gasteiger charge is 2.16. The lowest BCUT2D eigenvalue weighted by Gasteiger charge is -2.05. The number of rotatable bonds is 3. The minimum Gasteiger partial charge on any atom is -0.338 e. The van der Waals surface area contributed by atoms with Crippen molar-refractivity contribution in [1.82, 2.24) is 5.16 Å². The first kappa shape index (κ1) is 13.4. The molecule has 1 heterocycles. The van der Waals surface area contributed by atoms with Gasteiger partial charge in [0.15, 0.2) is 0 Å². The van der Waals surface area contributed by atoms with E-state index in [0.29, 0.717) is 16.5 Å². The molecular formula is C16H11ClN2O2. The van der Waals surface area contributed by atoms with Crippen molar-refractivity contribution in [3.05, 3.63) is 71.4 Å². The molecular weight excluding hydrogens is 288 g/mol. The molecule has 0 aliphatic heterocycles. The van der Waals surface area contributed by atoms with Gasteiger partial charge in [0.05, 0.1) is 22.3 Å². The van der Waals surface area contributed by atoms with Crippen LogP contribution in [-0.4, -0.2) is 11.1 Å². The maximum atomic E-state index is 12.2. The van der Waals surface area contributed by atoms with Crippen molar-refractivity contribution in [3.63, 3.8) is 0 Å². The fourth-order valence-corrected chi connectivity index (χ4v) is 2.19. The van der Waals surface area contributed by atoms with E-state index in [4.69, 9.17) is 16.1 Å². The lowest BCUT2D eigenvalue weighted by Crippen LogP contribution is -2.12. The molecule has 1 amide bonds.